The highest BCUT2D eigenvalue weighted by atomic mass is 35.5. The lowest BCUT2D eigenvalue weighted by atomic mass is 10.3. The van der Waals surface area contributed by atoms with Gasteiger partial charge < -0.3 is 5.73 Å². The molecule has 2 nitrogen and oxygen atoms in total. The number of pyridine rings is 1. The minimum Gasteiger partial charge on any atom is -0.325 e. The van der Waals surface area contributed by atoms with Crippen LogP contribution >= 0.6 is 11.6 Å². The van der Waals surface area contributed by atoms with E-state index in [1.54, 1.807) is 0 Å². The van der Waals surface area contributed by atoms with Gasteiger partial charge in [0, 0.05) is 12.7 Å². The van der Waals surface area contributed by atoms with Crippen molar-refractivity contribution in [1.82, 2.24) is 4.98 Å². The molecule has 4 heteroatoms. The maximum absolute atomic E-state index is 12.5. The van der Waals surface area contributed by atoms with E-state index in [9.17, 15) is 4.39 Å². The van der Waals surface area contributed by atoms with Gasteiger partial charge in [-0.25, -0.2) is 4.39 Å². The van der Waals surface area contributed by atoms with Crippen LogP contribution in [0.15, 0.2) is 12.3 Å². The van der Waals surface area contributed by atoms with E-state index in [4.69, 9.17) is 17.3 Å². The summed E-state index contributed by atoms with van der Waals surface area (Å²) in [5.41, 5.74) is 5.60. The van der Waals surface area contributed by atoms with Gasteiger partial charge in [-0.15, -0.1) is 0 Å². The lowest BCUT2D eigenvalue weighted by Gasteiger charge is -1.98. The van der Waals surface area contributed by atoms with E-state index in [0.717, 1.165) is 0 Å². The van der Waals surface area contributed by atoms with Crippen molar-refractivity contribution >= 4 is 11.6 Å². The number of hydrogen-bond acceptors (Lipinski definition) is 2. The van der Waals surface area contributed by atoms with Gasteiger partial charge in [-0.2, -0.15) is 0 Å². The van der Waals surface area contributed by atoms with Crippen LogP contribution in [0.2, 0.25) is 5.02 Å². The van der Waals surface area contributed by atoms with Crippen molar-refractivity contribution in [3.63, 3.8) is 0 Å². The molecule has 0 aliphatic carbocycles. The highest BCUT2D eigenvalue weighted by molar-refractivity contribution is 6.31. The molecule has 1 heterocycles. The van der Waals surface area contributed by atoms with Crippen molar-refractivity contribution < 1.29 is 4.39 Å². The Morgan fingerprint density at radius 2 is 2.40 bits per heavy atom. The maximum atomic E-state index is 12.5. The van der Waals surface area contributed by atoms with E-state index in [1.807, 2.05) is 0 Å². The van der Waals surface area contributed by atoms with E-state index in [2.05, 4.69) is 4.98 Å². The maximum Gasteiger partial charge on any atom is 0.145 e. The first-order valence-electron chi connectivity index (χ1n) is 2.74. The molecule has 0 aliphatic heterocycles. The van der Waals surface area contributed by atoms with Crippen LogP contribution in [0.5, 0.6) is 0 Å². The smallest absolute Gasteiger partial charge is 0.145 e. The van der Waals surface area contributed by atoms with Crippen LogP contribution < -0.4 is 5.73 Å². The highest BCUT2D eigenvalue weighted by Gasteiger charge is 2.03. The third-order valence-corrected chi connectivity index (χ3v) is 1.51. The van der Waals surface area contributed by atoms with Gasteiger partial charge in [-0.05, 0) is 6.07 Å². The van der Waals surface area contributed by atoms with Crippen molar-refractivity contribution in [1.29, 1.82) is 0 Å². The Morgan fingerprint density at radius 1 is 1.70 bits per heavy atom. The molecule has 0 aromatic carbocycles. The number of nitrogens with two attached hydrogens (primary N) is 1. The van der Waals surface area contributed by atoms with Crippen molar-refractivity contribution in [2.24, 2.45) is 5.73 Å². The van der Waals surface area contributed by atoms with Crippen LogP contribution in [0.3, 0.4) is 0 Å². The molecule has 0 bridgehead atoms. The fraction of sp³-hybridized carbons (Fsp3) is 0.167. The molecule has 0 fully saturated rings. The fourth-order valence-electron chi connectivity index (χ4n) is 0.603. The Labute approximate surface area is 62.8 Å². The summed E-state index contributed by atoms with van der Waals surface area (Å²) in [6.45, 7) is 0.163. The van der Waals surface area contributed by atoms with Gasteiger partial charge in [0.15, 0.2) is 0 Å². The molecule has 0 atom stereocenters. The molecule has 1 aromatic rings. The van der Waals surface area contributed by atoms with E-state index < -0.39 is 5.82 Å². The van der Waals surface area contributed by atoms with Gasteiger partial charge in [0.2, 0.25) is 0 Å². The van der Waals surface area contributed by atoms with Gasteiger partial charge in [-0.3, -0.25) is 4.98 Å². The van der Waals surface area contributed by atoms with Gasteiger partial charge in [0.1, 0.15) is 5.82 Å². The number of nitrogens with zero attached hydrogens (tertiary/aromatic N) is 1. The quantitative estimate of drug-likeness (QED) is 0.673. The standard InChI is InChI=1S/C6H6ClFN2/c7-6-4(8)1-2-10-5(6)3-9/h1-2H,3,9H2. The Bertz CT molecular complexity index is 239. The molecular formula is C6H6ClFN2. The Morgan fingerprint density at radius 3 is 2.90 bits per heavy atom. The summed E-state index contributed by atoms with van der Waals surface area (Å²) < 4.78 is 12.5. The summed E-state index contributed by atoms with van der Waals surface area (Å²) in [6, 6.07) is 1.20. The molecule has 2 N–H and O–H groups in total. The van der Waals surface area contributed by atoms with E-state index >= 15 is 0 Å². The molecule has 0 saturated heterocycles. The van der Waals surface area contributed by atoms with Crippen LogP contribution in [-0.4, -0.2) is 4.98 Å². The van der Waals surface area contributed by atoms with Crippen LogP contribution in [-0.2, 0) is 6.54 Å². The topological polar surface area (TPSA) is 38.9 Å². The van der Waals surface area contributed by atoms with Gasteiger partial charge in [0.25, 0.3) is 0 Å². The second-order valence-corrected chi connectivity index (χ2v) is 2.14. The Kier molecular flexibility index (Phi) is 2.19. The summed E-state index contributed by atoms with van der Waals surface area (Å²) in [5.74, 6) is -0.475. The summed E-state index contributed by atoms with van der Waals surface area (Å²) in [4.78, 5) is 3.76. The number of aromatic nitrogens is 1. The first-order valence-corrected chi connectivity index (χ1v) is 3.12. The fourth-order valence-corrected chi connectivity index (χ4v) is 0.792. The highest BCUT2D eigenvalue weighted by Crippen LogP contribution is 2.15. The SMILES string of the molecule is NCc1nccc(F)c1Cl. The predicted octanol–water partition coefficient (Wildman–Crippen LogP) is 1.33. The molecule has 1 rings (SSSR count). The number of rotatable bonds is 1. The minimum atomic E-state index is -0.475. The lowest BCUT2D eigenvalue weighted by Crippen LogP contribution is -2.01. The zero-order chi connectivity index (χ0) is 7.56. The normalized spacial score (nSPS) is 9.90. The van der Waals surface area contributed by atoms with Crippen LogP contribution in [0.4, 0.5) is 4.39 Å². The molecule has 10 heavy (non-hydrogen) atoms. The van der Waals surface area contributed by atoms with Gasteiger partial charge in [-0.1, -0.05) is 11.6 Å². The van der Waals surface area contributed by atoms with Crippen LogP contribution in [0, 0.1) is 5.82 Å². The summed E-state index contributed by atoms with van der Waals surface area (Å²) >= 11 is 5.48. The molecule has 0 spiro atoms. The Balaban J connectivity index is 3.14. The van der Waals surface area contributed by atoms with Crippen LogP contribution in [0.1, 0.15) is 5.69 Å². The zero-order valence-corrected chi connectivity index (χ0v) is 5.90. The number of hydrogen-bond donors (Lipinski definition) is 1. The molecule has 0 amide bonds. The lowest BCUT2D eigenvalue weighted by molar-refractivity contribution is 0.622. The summed E-state index contributed by atoms with van der Waals surface area (Å²) in [6.07, 6.45) is 1.34. The number of halogens is 2. The minimum absolute atomic E-state index is 0.0185. The molecule has 0 saturated carbocycles. The largest absolute Gasteiger partial charge is 0.325 e. The molecule has 0 unspecified atom stereocenters. The third-order valence-electron chi connectivity index (χ3n) is 1.11. The van der Waals surface area contributed by atoms with Crippen molar-refractivity contribution in [3.05, 3.63) is 28.8 Å². The average molecular weight is 161 g/mol. The van der Waals surface area contributed by atoms with Crippen LogP contribution in [0.25, 0.3) is 0 Å². The average Bonchev–Trinajstić information content (AvgIpc) is 1.95. The molecule has 54 valence electrons. The predicted molar refractivity (Wildman–Crippen MR) is 37.1 cm³/mol. The second-order valence-electron chi connectivity index (χ2n) is 1.76. The van der Waals surface area contributed by atoms with E-state index in [1.165, 1.54) is 12.3 Å². The zero-order valence-electron chi connectivity index (χ0n) is 5.14. The van der Waals surface area contributed by atoms with Gasteiger partial charge in [0.05, 0.1) is 10.7 Å². The third kappa shape index (κ3) is 1.25. The molecule has 0 radical (unpaired) electrons. The van der Waals surface area contributed by atoms with E-state index in [0.29, 0.717) is 5.69 Å². The van der Waals surface area contributed by atoms with Gasteiger partial charge >= 0.3 is 0 Å². The first kappa shape index (κ1) is 7.44. The second kappa shape index (κ2) is 2.94. The molecule has 0 aliphatic rings. The molecular weight excluding hydrogens is 155 g/mol. The summed E-state index contributed by atoms with van der Waals surface area (Å²) in [5, 5.41) is 0.0185. The van der Waals surface area contributed by atoms with Crippen molar-refractivity contribution in [2.75, 3.05) is 0 Å². The first-order chi connectivity index (χ1) is 4.75. The van der Waals surface area contributed by atoms with E-state index in [-0.39, 0.29) is 11.6 Å². The monoisotopic (exact) mass is 160 g/mol. The van der Waals surface area contributed by atoms with Crippen molar-refractivity contribution in [2.45, 2.75) is 6.54 Å². The Hall–Kier alpha value is -0.670. The molecule has 1 aromatic heterocycles. The van der Waals surface area contributed by atoms with Crippen molar-refractivity contribution in [3.8, 4) is 0 Å². The summed E-state index contributed by atoms with van der Waals surface area (Å²) in [7, 11) is 0.